The van der Waals surface area contributed by atoms with Gasteiger partial charge in [0.25, 0.3) is 0 Å². The number of nitrogen functional groups attached to an aromatic ring is 1. The molecular weight excluding hydrogens is 218 g/mol. The van der Waals surface area contributed by atoms with E-state index in [1.807, 2.05) is 25.1 Å². The molecule has 0 spiro atoms. The third-order valence-corrected chi connectivity index (χ3v) is 2.38. The van der Waals surface area contributed by atoms with Crippen LogP contribution in [-0.2, 0) is 9.47 Å². The molecular formula is C13H21NO3. The van der Waals surface area contributed by atoms with E-state index >= 15 is 0 Å². The Bertz CT molecular complexity index is 328. The van der Waals surface area contributed by atoms with E-state index in [0.29, 0.717) is 19.8 Å². The first-order valence-corrected chi connectivity index (χ1v) is 5.79. The zero-order chi connectivity index (χ0) is 12.5. The molecule has 4 nitrogen and oxygen atoms in total. The largest absolute Gasteiger partial charge is 0.491 e. The van der Waals surface area contributed by atoms with Crippen LogP contribution in [0.15, 0.2) is 18.2 Å². The van der Waals surface area contributed by atoms with Gasteiger partial charge in [-0.05, 0) is 25.0 Å². The van der Waals surface area contributed by atoms with E-state index in [9.17, 15) is 0 Å². The van der Waals surface area contributed by atoms with E-state index in [4.69, 9.17) is 19.9 Å². The van der Waals surface area contributed by atoms with Gasteiger partial charge in [0.2, 0.25) is 0 Å². The molecule has 1 aromatic rings. The van der Waals surface area contributed by atoms with Crippen molar-refractivity contribution in [2.24, 2.45) is 0 Å². The van der Waals surface area contributed by atoms with Gasteiger partial charge in [0.15, 0.2) is 0 Å². The predicted molar refractivity (Wildman–Crippen MR) is 68.4 cm³/mol. The third kappa shape index (κ3) is 5.56. The lowest BCUT2D eigenvalue weighted by Gasteiger charge is -2.08. The fourth-order valence-electron chi connectivity index (χ4n) is 1.33. The minimum Gasteiger partial charge on any atom is -0.491 e. The molecule has 1 rings (SSSR count). The Morgan fingerprint density at radius 3 is 2.65 bits per heavy atom. The van der Waals surface area contributed by atoms with Crippen molar-refractivity contribution in [1.29, 1.82) is 0 Å². The molecule has 0 aliphatic rings. The average Bonchev–Trinajstić information content (AvgIpc) is 2.32. The number of ether oxygens (including phenoxy) is 3. The van der Waals surface area contributed by atoms with Gasteiger partial charge < -0.3 is 19.9 Å². The lowest BCUT2D eigenvalue weighted by Crippen LogP contribution is -2.08. The number of methoxy groups -OCH3 is 1. The van der Waals surface area contributed by atoms with Crippen LogP contribution in [0.25, 0.3) is 0 Å². The molecule has 0 fully saturated rings. The molecule has 0 bridgehead atoms. The summed E-state index contributed by atoms with van der Waals surface area (Å²) in [5.74, 6) is 0.786. The Morgan fingerprint density at radius 2 is 1.94 bits per heavy atom. The zero-order valence-electron chi connectivity index (χ0n) is 10.6. The van der Waals surface area contributed by atoms with Crippen LogP contribution in [-0.4, -0.2) is 33.5 Å². The number of aryl methyl sites for hydroxylation is 1. The van der Waals surface area contributed by atoms with Crippen LogP contribution in [0.4, 0.5) is 5.69 Å². The molecule has 0 atom stereocenters. The molecule has 0 saturated heterocycles. The highest BCUT2D eigenvalue weighted by molar-refractivity contribution is 5.50. The summed E-state index contributed by atoms with van der Waals surface area (Å²) in [5, 5.41) is 0. The fourth-order valence-corrected chi connectivity index (χ4v) is 1.33. The van der Waals surface area contributed by atoms with Crippen molar-refractivity contribution < 1.29 is 14.2 Å². The van der Waals surface area contributed by atoms with Crippen LogP contribution in [0.2, 0.25) is 0 Å². The Labute approximate surface area is 103 Å². The van der Waals surface area contributed by atoms with Crippen LogP contribution in [0.3, 0.4) is 0 Å². The SMILES string of the molecule is COCCCOCCOc1ccc(C)c(N)c1. The summed E-state index contributed by atoms with van der Waals surface area (Å²) in [4.78, 5) is 0. The second kappa shape index (κ2) is 7.92. The average molecular weight is 239 g/mol. The Kier molecular flexibility index (Phi) is 6.43. The van der Waals surface area contributed by atoms with Crippen molar-refractivity contribution in [1.82, 2.24) is 0 Å². The molecule has 4 heteroatoms. The van der Waals surface area contributed by atoms with Gasteiger partial charge in [-0.2, -0.15) is 0 Å². The van der Waals surface area contributed by atoms with E-state index in [1.54, 1.807) is 7.11 Å². The van der Waals surface area contributed by atoms with Crippen LogP contribution in [0, 0.1) is 6.92 Å². The van der Waals surface area contributed by atoms with Crippen LogP contribution < -0.4 is 10.5 Å². The highest BCUT2D eigenvalue weighted by Crippen LogP contribution is 2.18. The molecule has 0 unspecified atom stereocenters. The van der Waals surface area contributed by atoms with Crippen molar-refractivity contribution in [2.45, 2.75) is 13.3 Å². The number of benzene rings is 1. The van der Waals surface area contributed by atoms with E-state index in [2.05, 4.69) is 0 Å². The van der Waals surface area contributed by atoms with Crippen LogP contribution in [0.5, 0.6) is 5.75 Å². The Balaban J connectivity index is 2.11. The molecule has 96 valence electrons. The summed E-state index contributed by atoms with van der Waals surface area (Å²) >= 11 is 0. The Morgan fingerprint density at radius 1 is 1.12 bits per heavy atom. The van der Waals surface area contributed by atoms with E-state index < -0.39 is 0 Å². The number of hydrogen-bond acceptors (Lipinski definition) is 4. The van der Waals surface area contributed by atoms with Crippen molar-refractivity contribution in [3.63, 3.8) is 0 Å². The molecule has 0 aromatic heterocycles. The molecule has 2 N–H and O–H groups in total. The quantitative estimate of drug-likeness (QED) is 0.557. The van der Waals surface area contributed by atoms with E-state index in [-0.39, 0.29) is 0 Å². The maximum atomic E-state index is 5.78. The van der Waals surface area contributed by atoms with Gasteiger partial charge in [0.1, 0.15) is 12.4 Å². The molecule has 0 heterocycles. The molecule has 0 radical (unpaired) electrons. The second-order valence-electron chi connectivity index (χ2n) is 3.83. The summed E-state index contributed by atoms with van der Waals surface area (Å²) in [6.07, 6.45) is 0.911. The monoisotopic (exact) mass is 239 g/mol. The molecule has 1 aromatic carbocycles. The summed E-state index contributed by atoms with van der Waals surface area (Å²) in [6, 6.07) is 5.70. The predicted octanol–water partition coefficient (Wildman–Crippen LogP) is 2.01. The highest BCUT2D eigenvalue weighted by Gasteiger charge is 1.97. The lowest BCUT2D eigenvalue weighted by molar-refractivity contribution is 0.0806. The normalized spacial score (nSPS) is 10.5. The van der Waals surface area contributed by atoms with Crippen molar-refractivity contribution >= 4 is 5.69 Å². The summed E-state index contributed by atoms with van der Waals surface area (Å²) in [5.41, 5.74) is 7.60. The summed E-state index contributed by atoms with van der Waals surface area (Å²) in [7, 11) is 1.69. The molecule has 0 amide bonds. The number of nitrogens with two attached hydrogens (primary N) is 1. The third-order valence-electron chi connectivity index (χ3n) is 2.38. The number of hydrogen-bond donors (Lipinski definition) is 1. The van der Waals surface area contributed by atoms with E-state index in [1.165, 1.54) is 0 Å². The number of anilines is 1. The van der Waals surface area contributed by atoms with Crippen LogP contribution >= 0.6 is 0 Å². The maximum Gasteiger partial charge on any atom is 0.121 e. The first-order chi connectivity index (χ1) is 8.24. The Hall–Kier alpha value is -1.26. The van der Waals surface area contributed by atoms with Gasteiger partial charge in [0.05, 0.1) is 6.61 Å². The minimum absolute atomic E-state index is 0.537. The topological polar surface area (TPSA) is 53.7 Å². The van der Waals surface area contributed by atoms with Crippen LogP contribution in [0.1, 0.15) is 12.0 Å². The first-order valence-electron chi connectivity index (χ1n) is 5.79. The molecule has 0 aliphatic heterocycles. The smallest absolute Gasteiger partial charge is 0.121 e. The van der Waals surface area contributed by atoms with Gasteiger partial charge in [-0.15, -0.1) is 0 Å². The second-order valence-corrected chi connectivity index (χ2v) is 3.83. The van der Waals surface area contributed by atoms with Gasteiger partial charge >= 0.3 is 0 Å². The number of rotatable bonds is 8. The van der Waals surface area contributed by atoms with Crippen molar-refractivity contribution in [2.75, 3.05) is 39.3 Å². The summed E-state index contributed by atoms with van der Waals surface area (Å²) in [6.45, 7) is 4.52. The maximum absolute atomic E-state index is 5.78. The van der Waals surface area contributed by atoms with E-state index in [0.717, 1.165) is 30.0 Å². The molecule has 0 saturated carbocycles. The van der Waals surface area contributed by atoms with Gasteiger partial charge in [-0.1, -0.05) is 6.07 Å². The van der Waals surface area contributed by atoms with Crippen molar-refractivity contribution in [3.8, 4) is 5.75 Å². The highest BCUT2D eigenvalue weighted by atomic mass is 16.5. The minimum atomic E-state index is 0.537. The summed E-state index contributed by atoms with van der Waals surface area (Å²) < 4.78 is 15.8. The lowest BCUT2D eigenvalue weighted by atomic mass is 10.2. The van der Waals surface area contributed by atoms with Gasteiger partial charge in [-0.3, -0.25) is 0 Å². The standard InChI is InChI=1S/C13H21NO3/c1-11-4-5-12(10-13(11)14)17-9-8-16-7-3-6-15-2/h4-5,10H,3,6-9,14H2,1-2H3. The van der Waals surface area contributed by atoms with Crippen molar-refractivity contribution in [3.05, 3.63) is 23.8 Å². The van der Waals surface area contributed by atoms with Gasteiger partial charge in [-0.25, -0.2) is 0 Å². The first kappa shape index (κ1) is 13.8. The fraction of sp³-hybridized carbons (Fsp3) is 0.538. The molecule has 17 heavy (non-hydrogen) atoms. The van der Waals surface area contributed by atoms with Gasteiger partial charge in [0, 0.05) is 32.1 Å². The molecule has 0 aliphatic carbocycles. The zero-order valence-corrected chi connectivity index (χ0v) is 10.6.